The first-order chi connectivity index (χ1) is 14.6. The Morgan fingerprint density at radius 2 is 2.13 bits per heavy atom. The standard InChI is InChI=1S/C22H23IN6O/c24-15-2-1-7-29(12-15)20-5-6-26-11-19(20)28-22(30)21-17(25)8-14-4-3-13(16-10-23-16)9-18(14)27-21/h3-6,8-11,15-16H,1-2,7,12,24-25H2,(H,28,30). The molecule has 0 radical (unpaired) electrons. The summed E-state index contributed by atoms with van der Waals surface area (Å²) in [5, 5.41) is 3.91. The highest BCUT2D eigenvalue weighted by molar-refractivity contribution is 14.2. The Morgan fingerprint density at radius 1 is 1.27 bits per heavy atom. The van der Waals surface area contributed by atoms with Gasteiger partial charge in [0.25, 0.3) is 5.91 Å². The van der Waals surface area contributed by atoms with Crippen molar-refractivity contribution in [3.05, 3.63) is 54.0 Å². The van der Waals surface area contributed by atoms with E-state index < -0.39 is 0 Å². The lowest BCUT2D eigenvalue weighted by Crippen LogP contribution is -2.43. The maximum Gasteiger partial charge on any atom is 0.276 e. The number of halogens is 1. The summed E-state index contributed by atoms with van der Waals surface area (Å²) in [6.45, 7) is 1.66. The molecule has 0 saturated carbocycles. The molecule has 2 aliphatic heterocycles. The van der Waals surface area contributed by atoms with Gasteiger partial charge in [0.05, 0.1) is 32.7 Å². The Balaban J connectivity index is 1.44. The van der Waals surface area contributed by atoms with Gasteiger partial charge in [0.1, 0.15) is 0 Å². The second-order valence-corrected chi connectivity index (χ2v) is 10.5. The summed E-state index contributed by atoms with van der Waals surface area (Å²) in [7, 11) is 0. The Labute approximate surface area is 184 Å². The smallest absolute Gasteiger partial charge is 0.276 e. The molecular formula is C22H23IN6O. The minimum absolute atomic E-state index is 0.133. The summed E-state index contributed by atoms with van der Waals surface area (Å²) in [5.41, 5.74) is 16.6. The topological polar surface area (TPSA) is 110 Å². The highest BCUT2D eigenvalue weighted by Crippen LogP contribution is 2.40. The maximum atomic E-state index is 13.1. The molecule has 2 unspecified atom stereocenters. The molecule has 5 rings (SSSR count). The largest absolute Gasteiger partial charge is 0.397 e. The molecule has 2 aromatic heterocycles. The van der Waals surface area contributed by atoms with Gasteiger partial charge in [-0.15, -0.1) is 20.7 Å². The van der Waals surface area contributed by atoms with Crippen LogP contribution in [-0.2, 0) is 0 Å². The number of benzene rings is 1. The number of rotatable bonds is 4. The van der Waals surface area contributed by atoms with E-state index in [4.69, 9.17) is 11.5 Å². The van der Waals surface area contributed by atoms with E-state index in [2.05, 4.69) is 36.3 Å². The van der Waals surface area contributed by atoms with Crippen LogP contribution in [0.1, 0.15) is 32.8 Å². The van der Waals surface area contributed by atoms with Crippen LogP contribution >= 0.6 is 20.7 Å². The monoisotopic (exact) mass is 514 g/mol. The van der Waals surface area contributed by atoms with Gasteiger partial charge in [0, 0.05) is 30.7 Å². The van der Waals surface area contributed by atoms with Crippen molar-refractivity contribution in [3.8, 4) is 0 Å². The minimum Gasteiger partial charge on any atom is -0.397 e. The van der Waals surface area contributed by atoms with Crippen LogP contribution in [0.3, 0.4) is 0 Å². The number of pyridine rings is 2. The van der Waals surface area contributed by atoms with E-state index in [0.717, 1.165) is 42.5 Å². The van der Waals surface area contributed by atoms with Gasteiger partial charge < -0.3 is 21.7 Å². The van der Waals surface area contributed by atoms with Gasteiger partial charge in [-0.2, -0.15) is 0 Å². The second-order valence-electron chi connectivity index (χ2n) is 7.73. The quantitative estimate of drug-likeness (QED) is 0.365. The minimum atomic E-state index is -0.333. The average Bonchev–Trinajstić information content (AvgIpc) is 3.59. The Morgan fingerprint density at radius 3 is 2.93 bits per heavy atom. The molecule has 1 fully saturated rings. The molecule has 1 amide bonds. The Hall–Kier alpha value is -2.59. The van der Waals surface area contributed by atoms with E-state index in [1.54, 1.807) is 12.4 Å². The summed E-state index contributed by atoms with van der Waals surface area (Å²) in [6.07, 6.45) is 5.44. The summed E-state index contributed by atoms with van der Waals surface area (Å²) in [4.78, 5) is 24.1. The highest BCUT2D eigenvalue weighted by atomic mass is 127. The number of nitrogens with two attached hydrogens (primary N) is 2. The third-order valence-corrected chi connectivity index (χ3v) is 7.66. The summed E-state index contributed by atoms with van der Waals surface area (Å²) in [5.74, 6) is -0.333. The fourth-order valence-corrected chi connectivity index (χ4v) is 5.33. The van der Waals surface area contributed by atoms with Crippen molar-refractivity contribution in [2.45, 2.75) is 22.8 Å². The zero-order valence-corrected chi connectivity index (χ0v) is 18.5. The van der Waals surface area contributed by atoms with Crippen LogP contribution in [0.5, 0.6) is 0 Å². The van der Waals surface area contributed by atoms with Crippen LogP contribution in [0.2, 0.25) is 0 Å². The lowest BCUT2D eigenvalue weighted by molar-refractivity contribution is 0.102. The molecule has 2 atom stereocenters. The van der Waals surface area contributed by atoms with Crippen molar-refractivity contribution in [1.29, 1.82) is 0 Å². The molecule has 8 heteroatoms. The predicted molar refractivity (Wildman–Crippen MR) is 131 cm³/mol. The summed E-state index contributed by atoms with van der Waals surface area (Å²) >= 11 is 0.186. The number of hydrogen-bond donors (Lipinski definition) is 3. The SMILES string of the molecule is Nc1cc2ccc(C3C=I3)cc2nc1C(=O)Nc1cnccc1N1CCCC(N)C1. The molecular weight excluding hydrogens is 491 g/mol. The fraction of sp³-hybridized carbons (Fsp3) is 0.273. The number of carbonyl (C=O) groups excluding carboxylic acids is 1. The van der Waals surface area contributed by atoms with E-state index in [0.29, 0.717) is 15.3 Å². The van der Waals surface area contributed by atoms with E-state index >= 15 is 0 Å². The zero-order valence-electron chi connectivity index (χ0n) is 16.4. The number of nitrogens with zero attached hydrogens (tertiary/aromatic N) is 3. The number of carbonyl (C=O) groups is 1. The number of fused-ring (bicyclic) bond motifs is 1. The van der Waals surface area contributed by atoms with Crippen molar-refractivity contribution in [1.82, 2.24) is 9.97 Å². The first-order valence-corrected chi connectivity index (χ1v) is 12.5. The van der Waals surface area contributed by atoms with Crippen molar-refractivity contribution in [2.24, 2.45) is 5.73 Å². The van der Waals surface area contributed by atoms with Crippen LogP contribution in [0.25, 0.3) is 10.9 Å². The number of amides is 1. The van der Waals surface area contributed by atoms with Gasteiger partial charge in [-0.25, -0.2) is 4.98 Å². The predicted octanol–water partition coefficient (Wildman–Crippen LogP) is 3.22. The number of nitrogens with one attached hydrogen (secondary N) is 1. The zero-order chi connectivity index (χ0) is 20.7. The van der Waals surface area contributed by atoms with Crippen LogP contribution in [0.4, 0.5) is 17.1 Å². The van der Waals surface area contributed by atoms with E-state index in [-0.39, 0.29) is 38.4 Å². The number of nitrogen functional groups attached to an aromatic ring is 1. The summed E-state index contributed by atoms with van der Waals surface area (Å²) in [6, 6.07) is 10.1. The van der Waals surface area contributed by atoms with E-state index in [1.165, 1.54) is 5.56 Å². The number of alkyl halides is 1. The highest BCUT2D eigenvalue weighted by Gasteiger charge is 2.22. The first kappa shape index (κ1) is 19.4. The molecule has 0 bridgehead atoms. The van der Waals surface area contributed by atoms with Gasteiger partial charge in [0.15, 0.2) is 5.69 Å². The van der Waals surface area contributed by atoms with Gasteiger partial charge in [-0.3, -0.25) is 9.78 Å². The van der Waals surface area contributed by atoms with Gasteiger partial charge >= 0.3 is 0 Å². The van der Waals surface area contributed by atoms with Crippen LogP contribution in [0.15, 0.2) is 42.7 Å². The molecule has 4 heterocycles. The molecule has 30 heavy (non-hydrogen) atoms. The van der Waals surface area contributed by atoms with Crippen molar-refractivity contribution in [3.63, 3.8) is 0 Å². The molecule has 3 aromatic rings. The molecule has 1 aromatic carbocycles. The molecule has 7 nitrogen and oxygen atoms in total. The van der Waals surface area contributed by atoms with Crippen molar-refractivity contribution >= 4 is 58.6 Å². The van der Waals surface area contributed by atoms with Crippen LogP contribution < -0.4 is 21.7 Å². The van der Waals surface area contributed by atoms with Crippen molar-refractivity contribution < 1.29 is 4.79 Å². The Kier molecular flexibility index (Phi) is 5.11. The lowest BCUT2D eigenvalue weighted by Gasteiger charge is -2.33. The Bertz CT molecular complexity index is 1160. The lowest BCUT2D eigenvalue weighted by atomic mass is 10.1. The van der Waals surface area contributed by atoms with Gasteiger partial charge in [-0.1, -0.05) is 12.1 Å². The first-order valence-electron chi connectivity index (χ1n) is 10.00. The fourth-order valence-electron chi connectivity index (χ4n) is 3.91. The van der Waals surface area contributed by atoms with E-state index in [9.17, 15) is 4.79 Å². The van der Waals surface area contributed by atoms with Gasteiger partial charge in [-0.05, 0) is 40.6 Å². The third kappa shape index (κ3) is 3.89. The number of piperidine rings is 1. The maximum absolute atomic E-state index is 13.1. The van der Waals surface area contributed by atoms with Crippen LogP contribution in [-0.4, -0.2) is 39.0 Å². The van der Waals surface area contributed by atoms with Crippen molar-refractivity contribution in [2.75, 3.05) is 29.0 Å². The summed E-state index contributed by atoms with van der Waals surface area (Å²) < 4.78 is 2.97. The number of hydrogen-bond acceptors (Lipinski definition) is 6. The molecule has 154 valence electrons. The molecule has 0 aliphatic carbocycles. The number of anilines is 3. The normalized spacial score (nSPS) is 20.6. The van der Waals surface area contributed by atoms with E-state index in [1.807, 2.05) is 18.2 Å². The molecule has 1 saturated heterocycles. The average molecular weight is 514 g/mol. The van der Waals surface area contributed by atoms with Gasteiger partial charge in [0.2, 0.25) is 0 Å². The molecule has 0 spiro atoms. The molecule has 2 aliphatic rings. The second kappa shape index (κ2) is 7.92. The molecule has 5 N–H and O–H groups in total. The van der Waals surface area contributed by atoms with Crippen LogP contribution in [0, 0.1) is 0 Å². The third-order valence-electron chi connectivity index (χ3n) is 5.50. The number of aromatic nitrogens is 2.